The highest BCUT2D eigenvalue weighted by Gasteiger charge is 2.51. The Morgan fingerprint density at radius 1 is 0.343 bits per heavy atom. The summed E-state index contributed by atoms with van der Waals surface area (Å²) < 4.78 is 22.9. The molecular weight excluding hydrogens is 1310 g/mol. The van der Waals surface area contributed by atoms with Crippen LogP contribution in [-0.2, 0) is 23.7 Å². The number of nitrogens with one attached hydrogen (secondary N) is 1. The van der Waals surface area contributed by atoms with Gasteiger partial charge in [0.2, 0.25) is 5.91 Å². The van der Waals surface area contributed by atoms with Crippen LogP contribution in [0.25, 0.3) is 0 Å². The summed E-state index contributed by atoms with van der Waals surface area (Å²) in [6.07, 6.45) is 85.3. The SMILES string of the molecule is CCCCCCC/C=C\C/C=C\CCCCCCCCCCCCCCCCCCCCCCCCCCCCCCCC(=O)NC(COC1OC(CO)C(OC2OC(CO)C(O)C(O)C2O)C(O)C1O)C(O)/C=C/CC/C=C/CCCCCCCCCCCCCCCCCCCCCCCCCC. The number of rotatable bonds is 78. The summed E-state index contributed by atoms with van der Waals surface area (Å²) in [4.78, 5) is 13.4. The van der Waals surface area contributed by atoms with Gasteiger partial charge in [-0.15, -0.1) is 0 Å². The topological polar surface area (TPSA) is 228 Å². The summed E-state index contributed by atoms with van der Waals surface area (Å²) in [6.45, 7) is 2.84. The molecule has 0 aromatic rings. The largest absolute Gasteiger partial charge is 0.394 e. The molecule has 2 fully saturated rings. The van der Waals surface area contributed by atoms with Crippen molar-refractivity contribution in [2.45, 2.75) is 505 Å². The first kappa shape index (κ1) is 99.0. The third kappa shape index (κ3) is 56.8. The van der Waals surface area contributed by atoms with E-state index in [9.17, 15) is 45.6 Å². The van der Waals surface area contributed by atoms with Crippen molar-refractivity contribution in [3.05, 3.63) is 48.6 Å². The van der Waals surface area contributed by atoms with E-state index in [4.69, 9.17) is 18.9 Å². The van der Waals surface area contributed by atoms with Crippen molar-refractivity contribution in [2.75, 3.05) is 19.8 Å². The number of allylic oxidation sites excluding steroid dienone is 7. The molecule has 2 aliphatic rings. The normalized spacial score (nSPS) is 21.5. The van der Waals surface area contributed by atoms with Crippen molar-refractivity contribution in [2.24, 2.45) is 0 Å². The number of carbonyl (C=O) groups excluding carboxylic acids is 1. The first-order valence-electron chi connectivity index (χ1n) is 45.4. The van der Waals surface area contributed by atoms with Crippen LogP contribution < -0.4 is 5.32 Å². The molecule has 0 aromatic carbocycles. The maximum Gasteiger partial charge on any atom is 0.220 e. The number of unbranched alkanes of at least 4 members (excludes halogenated alkanes) is 59. The Morgan fingerprint density at radius 3 is 0.990 bits per heavy atom. The third-order valence-corrected chi connectivity index (χ3v) is 22.2. The van der Waals surface area contributed by atoms with E-state index in [-0.39, 0.29) is 18.9 Å². The molecule has 0 spiro atoms. The predicted molar refractivity (Wildman–Crippen MR) is 438 cm³/mol. The van der Waals surface area contributed by atoms with E-state index >= 15 is 0 Å². The molecule has 618 valence electrons. The standard InChI is InChI=1S/C91H171NO13/c1-3-5-7-9-11-13-15-17-19-21-23-25-27-29-31-33-35-36-37-38-39-40-41-42-43-44-45-47-49-51-53-55-57-59-61-63-65-67-69-71-73-75-83(96)92-79(78-102-90-88(101)86(99)89(82(77-94)104-90)105-91-87(100)85(98)84(97)81(76-93)103-91)80(95)74-72-70-68-66-64-62-60-58-56-54-52-50-48-46-34-32-30-28-26-24-22-20-18-16-14-12-10-8-6-4-2/h15,17,21,23,64,66,72,74,79-82,84-91,93-95,97-101H,3-14,16,18-20,22,24-63,65,67-71,73,75-78H2,1-2H3,(H,92,96)/b17-15-,23-21-,66-64+,74-72+. The van der Waals surface area contributed by atoms with Gasteiger partial charge >= 0.3 is 0 Å². The van der Waals surface area contributed by atoms with Crippen molar-refractivity contribution in [1.29, 1.82) is 0 Å². The highest BCUT2D eigenvalue weighted by atomic mass is 16.7. The Bertz CT molecular complexity index is 1950. The van der Waals surface area contributed by atoms with Crippen molar-refractivity contribution in [3.8, 4) is 0 Å². The zero-order chi connectivity index (χ0) is 75.8. The molecule has 0 bridgehead atoms. The quantitative estimate of drug-likeness (QED) is 0.0204. The van der Waals surface area contributed by atoms with Crippen molar-refractivity contribution >= 4 is 5.91 Å². The van der Waals surface area contributed by atoms with Crippen LogP contribution in [0.2, 0.25) is 0 Å². The molecule has 2 rings (SSSR count). The van der Waals surface area contributed by atoms with Gasteiger partial charge in [0.05, 0.1) is 32.0 Å². The van der Waals surface area contributed by atoms with Crippen molar-refractivity contribution in [3.63, 3.8) is 0 Å². The number of aliphatic hydroxyl groups excluding tert-OH is 8. The number of amides is 1. The molecule has 14 heteroatoms. The zero-order valence-electron chi connectivity index (χ0n) is 68.2. The van der Waals surface area contributed by atoms with Crippen LogP contribution in [0.3, 0.4) is 0 Å². The first-order chi connectivity index (χ1) is 51.6. The second-order valence-electron chi connectivity index (χ2n) is 32.1. The van der Waals surface area contributed by atoms with E-state index in [0.29, 0.717) is 12.8 Å². The minimum atomic E-state index is -1.79. The molecule has 2 saturated heterocycles. The minimum absolute atomic E-state index is 0.240. The van der Waals surface area contributed by atoms with Crippen LogP contribution in [0.1, 0.15) is 431 Å². The molecule has 12 unspecified atom stereocenters. The lowest BCUT2D eigenvalue weighted by Gasteiger charge is -2.46. The molecule has 2 heterocycles. The lowest BCUT2D eigenvalue weighted by atomic mass is 9.97. The van der Waals surface area contributed by atoms with Crippen LogP contribution in [0, 0.1) is 0 Å². The number of carbonyl (C=O) groups is 1. The molecule has 105 heavy (non-hydrogen) atoms. The Kier molecular flexibility index (Phi) is 70.4. The molecule has 2 aliphatic heterocycles. The second kappa shape index (κ2) is 74.7. The van der Waals surface area contributed by atoms with Gasteiger partial charge < -0.3 is 65.1 Å². The average Bonchev–Trinajstić information content (AvgIpc) is 0.769. The minimum Gasteiger partial charge on any atom is -0.394 e. The highest BCUT2D eigenvalue weighted by Crippen LogP contribution is 2.31. The van der Waals surface area contributed by atoms with Crippen molar-refractivity contribution < 1.29 is 64.6 Å². The molecular formula is C91H171NO13. The summed E-state index contributed by atoms with van der Waals surface area (Å²) in [5, 5.41) is 87.8. The fourth-order valence-electron chi connectivity index (χ4n) is 15.1. The van der Waals surface area contributed by atoms with Crippen LogP contribution in [0.4, 0.5) is 0 Å². The monoisotopic (exact) mass is 1490 g/mol. The molecule has 0 aromatic heterocycles. The Hall–Kier alpha value is -2.05. The molecule has 9 N–H and O–H groups in total. The lowest BCUT2D eigenvalue weighted by molar-refractivity contribution is -0.359. The fourth-order valence-corrected chi connectivity index (χ4v) is 15.1. The predicted octanol–water partition coefficient (Wildman–Crippen LogP) is 22.1. The van der Waals surface area contributed by atoms with Crippen LogP contribution in [0.5, 0.6) is 0 Å². The van der Waals surface area contributed by atoms with E-state index in [1.807, 2.05) is 6.08 Å². The van der Waals surface area contributed by atoms with Gasteiger partial charge in [0.25, 0.3) is 0 Å². The van der Waals surface area contributed by atoms with Gasteiger partial charge in [0.1, 0.15) is 48.8 Å². The van der Waals surface area contributed by atoms with E-state index in [1.54, 1.807) is 6.08 Å². The summed E-state index contributed by atoms with van der Waals surface area (Å²) in [5.41, 5.74) is 0. The van der Waals surface area contributed by atoms with Gasteiger partial charge in [-0.3, -0.25) is 4.79 Å². The fraction of sp³-hybridized carbons (Fsp3) is 0.901. The molecule has 1 amide bonds. The molecule has 0 radical (unpaired) electrons. The maximum absolute atomic E-state index is 13.4. The van der Waals surface area contributed by atoms with E-state index in [0.717, 1.165) is 38.5 Å². The number of hydrogen-bond acceptors (Lipinski definition) is 13. The highest BCUT2D eigenvalue weighted by molar-refractivity contribution is 5.76. The summed E-state index contributed by atoms with van der Waals surface area (Å²) in [5.74, 6) is -0.240. The summed E-state index contributed by atoms with van der Waals surface area (Å²) >= 11 is 0. The number of ether oxygens (including phenoxy) is 4. The van der Waals surface area contributed by atoms with Crippen molar-refractivity contribution in [1.82, 2.24) is 5.32 Å². The average molecular weight is 1490 g/mol. The van der Waals surface area contributed by atoms with Gasteiger partial charge in [0, 0.05) is 6.42 Å². The van der Waals surface area contributed by atoms with E-state index < -0.39 is 86.8 Å². The number of aliphatic hydroxyl groups is 8. The molecule has 14 nitrogen and oxygen atoms in total. The third-order valence-electron chi connectivity index (χ3n) is 22.2. The smallest absolute Gasteiger partial charge is 0.220 e. The Balaban J connectivity index is 1.55. The van der Waals surface area contributed by atoms with E-state index in [2.05, 4.69) is 55.6 Å². The van der Waals surface area contributed by atoms with Crippen LogP contribution in [0.15, 0.2) is 48.6 Å². The van der Waals surface area contributed by atoms with Crippen LogP contribution >= 0.6 is 0 Å². The van der Waals surface area contributed by atoms with E-state index in [1.165, 1.54) is 360 Å². The van der Waals surface area contributed by atoms with Gasteiger partial charge in [-0.1, -0.05) is 409 Å². The first-order valence-corrected chi connectivity index (χ1v) is 45.4. The van der Waals surface area contributed by atoms with Gasteiger partial charge in [0.15, 0.2) is 12.6 Å². The molecule has 0 saturated carbocycles. The summed E-state index contributed by atoms with van der Waals surface area (Å²) in [6, 6.07) is -0.933. The lowest BCUT2D eigenvalue weighted by Crippen LogP contribution is -2.65. The molecule has 0 aliphatic carbocycles. The Labute approximate surface area is 645 Å². The molecule has 12 atom stereocenters. The zero-order valence-corrected chi connectivity index (χ0v) is 68.2. The van der Waals surface area contributed by atoms with Crippen LogP contribution in [-0.4, -0.2) is 140 Å². The Morgan fingerprint density at radius 2 is 0.638 bits per heavy atom. The second-order valence-corrected chi connectivity index (χ2v) is 32.1. The summed E-state index contributed by atoms with van der Waals surface area (Å²) in [7, 11) is 0. The van der Waals surface area contributed by atoms with Gasteiger partial charge in [-0.2, -0.15) is 0 Å². The maximum atomic E-state index is 13.4. The van der Waals surface area contributed by atoms with Gasteiger partial charge in [-0.05, 0) is 64.2 Å². The van der Waals surface area contributed by atoms with Gasteiger partial charge in [-0.25, -0.2) is 0 Å². The number of hydrogen-bond donors (Lipinski definition) is 9.